The standard InChI is InChI=1S/C21H17Cl2N3O4/c1-30-18-7-3-2-5-14(18)19(27)24-25-20(28)15-6-4-10-26(21(15)29)12-13-8-9-16(22)17(23)11-13/h2-11H,12H2,1H3,(H,24,27)(H,25,28). The number of benzene rings is 2. The number of hydrogen-bond acceptors (Lipinski definition) is 4. The van der Waals surface area contributed by atoms with Crippen molar-refractivity contribution >= 4 is 35.0 Å². The predicted molar refractivity (Wildman–Crippen MR) is 114 cm³/mol. The smallest absolute Gasteiger partial charge is 0.275 e. The Kier molecular flexibility index (Phi) is 6.76. The second-order valence-electron chi connectivity index (χ2n) is 6.21. The molecule has 154 valence electrons. The van der Waals surface area contributed by atoms with Crippen LogP contribution in [0.2, 0.25) is 10.0 Å². The van der Waals surface area contributed by atoms with Crippen molar-refractivity contribution < 1.29 is 14.3 Å². The number of nitrogens with zero attached hydrogens (tertiary/aromatic N) is 1. The van der Waals surface area contributed by atoms with Crippen LogP contribution in [0.15, 0.2) is 65.6 Å². The van der Waals surface area contributed by atoms with Crippen LogP contribution in [0.4, 0.5) is 0 Å². The Labute approximate surface area is 182 Å². The number of hydrazine groups is 1. The Morgan fingerprint density at radius 1 is 0.933 bits per heavy atom. The molecule has 30 heavy (non-hydrogen) atoms. The van der Waals surface area contributed by atoms with Gasteiger partial charge in [-0.05, 0) is 42.0 Å². The van der Waals surface area contributed by atoms with E-state index in [0.29, 0.717) is 15.8 Å². The number of aromatic nitrogens is 1. The lowest BCUT2D eigenvalue weighted by Crippen LogP contribution is -2.44. The Morgan fingerprint density at radius 3 is 2.30 bits per heavy atom. The number of hydrogen-bond donors (Lipinski definition) is 2. The number of para-hydroxylation sites is 1. The van der Waals surface area contributed by atoms with Crippen LogP contribution in [0, 0.1) is 0 Å². The summed E-state index contributed by atoms with van der Waals surface area (Å²) in [6, 6.07) is 14.5. The van der Waals surface area contributed by atoms with Crippen LogP contribution in [-0.2, 0) is 6.54 Å². The Morgan fingerprint density at radius 2 is 1.60 bits per heavy atom. The zero-order valence-electron chi connectivity index (χ0n) is 15.8. The quantitative estimate of drug-likeness (QED) is 0.589. The summed E-state index contributed by atoms with van der Waals surface area (Å²) < 4.78 is 6.48. The molecule has 0 aliphatic heterocycles. The molecule has 0 aliphatic rings. The summed E-state index contributed by atoms with van der Waals surface area (Å²) in [6.07, 6.45) is 1.55. The maximum Gasteiger partial charge on any atom is 0.275 e. The highest BCUT2D eigenvalue weighted by Crippen LogP contribution is 2.22. The van der Waals surface area contributed by atoms with E-state index >= 15 is 0 Å². The number of methoxy groups -OCH3 is 1. The van der Waals surface area contributed by atoms with Gasteiger partial charge in [0, 0.05) is 6.20 Å². The molecule has 2 amide bonds. The van der Waals surface area contributed by atoms with Crippen molar-refractivity contribution in [3.8, 4) is 5.75 Å². The Hall–Kier alpha value is -3.29. The molecule has 0 bridgehead atoms. The fourth-order valence-corrected chi connectivity index (χ4v) is 3.07. The summed E-state index contributed by atoms with van der Waals surface area (Å²) in [4.78, 5) is 37.4. The number of carbonyl (C=O) groups is 2. The minimum absolute atomic E-state index is 0.127. The number of amides is 2. The SMILES string of the molecule is COc1ccccc1C(=O)NNC(=O)c1cccn(Cc2ccc(Cl)c(Cl)c2)c1=O. The predicted octanol–water partition coefficient (Wildman–Crippen LogP) is 3.29. The molecule has 3 aromatic rings. The van der Waals surface area contributed by atoms with Crippen molar-refractivity contribution in [3.05, 3.63) is 97.9 Å². The monoisotopic (exact) mass is 445 g/mol. The molecule has 2 N–H and O–H groups in total. The lowest BCUT2D eigenvalue weighted by atomic mass is 10.2. The number of nitrogens with one attached hydrogen (secondary N) is 2. The van der Waals surface area contributed by atoms with Gasteiger partial charge in [-0.2, -0.15) is 0 Å². The molecular weight excluding hydrogens is 429 g/mol. The molecule has 1 aromatic heterocycles. The highest BCUT2D eigenvalue weighted by Gasteiger charge is 2.16. The molecule has 0 unspecified atom stereocenters. The lowest BCUT2D eigenvalue weighted by molar-refractivity contribution is 0.0843. The lowest BCUT2D eigenvalue weighted by Gasteiger charge is -2.11. The van der Waals surface area contributed by atoms with Crippen molar-refractivity contribution in [2.24, 2.45) is 0 Å². The van der Waals surface area contributed by atoms with Gasteiger partial charge in [0.05, 0.1) is 29.3 Å². The summed E-state index contributed by atoms with van der Waals surface area (Å²) in [5, 5.41) is 0.779. The number of rotatable bonds is 5. The third-order valence-corrected chi connectivity index (χ3v) is 4.98. The van der Waals surface area contributed by atoms with Crippen LogP contribution in [0.25, 0.3) is 0 Å². The van der Waals surface area contributed by atoms with Crippen LogP contribution < -0.4 is 21.1 Å². The molecule has 1 heterocycles. The van der Waals surface area contributed by atoms with Crippen LogP contribution in [-0.4, -0.2) is 23.5 Å². The van der Waals surface area contributed by atoms with Crippen LogP contribution >= 0.6 is 23.2 Å². The van der Waals surface area contributed by atoms with E-state index in [1.54, 1.807) is 54.7 Å². The molecule has 2 aromatic carbocycles. The number of halogens is 2. The van der Waals surface area contributed by atoms with Gasteiger partial charge in [-0.1, -0.05) is 41.4 Å². The van der Waals surface area contributed by atoms with Gasteiger partial charge in [0.25, 0.3) is 17.4 Å². The molecule has 0 radical (unpaired) electrons. The minimum atomic E-state index is -0.744. The molecule has 0 spiro atoms. The first-order chi connectivity index (χ1) is 14.4. The van der Waals surface area contributed by atoms with E-state index in [1.807, 2.05) is 0 Å². The molecule has 0 atom stereocenters. The first-order valence-corrected chi connectivity index (χ1v) is 9.53. The van der Waals surface area contributed by atoms with Crippen molar-refractivity contribution in [2.75, 3.05) is 7.11 Å². The zero-order valence-corrected chi connectivity index (χ0v) is 17.3. The fourth-order valence-electron chi connectivity index (χ4n) is 2.75. The molecule has 0 fully saturated rings. The molecule has 0 saturated carbocycles. The molecule has 3 rings (SSSR count). The van der Waals surface area contributed by atoms with E-state index in [4.69, 9.17) is 27.9 Å². The van der Waals surface area contributed by atoms with E-state index in [-0.39, 0.29) is 17.7 Å². The topological polar surface area (TPSA) is 89.4 Å². The maximum absolute atomic E-state index is 12.7. The molecule has 0 aliphatic carbocycles. The molecule has 7 nitrogen and oxygen atoms in total. The first kappa shape index (κ1) is 21.4. The van der Waals surface area contributed by atoms with Crippen molar-refractivity contribution in [2.45, 2.75) is 6.54 Å². The highest BCUT2D eigenvalue weighted by molar-refractivity contribution is 6.42. The van der Waals surface area contributed by atoms with Crippen LogP contribution in [0.1, 0.15) is 26.3 Å². The number of ether oxygens (including phenoxy) is 1. The van der Waals surface area contributed by atoms with Gasteiger partial charge in [-0.15, -0.1) is 0 Å². The van der Waals surface area contributed by atoms with Crippen molar-refractivity contribution in [1.29, 1.82) is 0 Å². The Balaban J connectivity index is 1.73. The van der Waals surface area contributed by atoms with E-state index in [9.17, 15) is 14.4 Å². The summed E-state index contributed by atoms with van der Waals surface area (Å²) in [7, 11) is 1.44. The summed E-state index contributed by atoms with van der Waals surface area (Å²) in [5.41, 5.74) is 4.87. The second-order valence-corrected chi connectivity index (χ2v) is 7.03. The van der Waals surface area contributed by atoms with Crippen LogP contribution in [0.3, 0.4) is 0 Å². The highest BCUT2D eigenvalue weighted by atomic mass is 35.5. The minimum Gasteiger partial charge on any atom is -0.496 e. The number of carbonyl (C=O) groups excluding carboxylic acids is 2. The van der Waals surface area contributed by atoms with Gasteiger partial charge in [-0.3, -0.25) is 25.2 Å². The largest absolute Gasteiger partial charge is 0.496 e. The van der Waals surface area contributed by atoms with Gasteiger partial charge < -0.3 is 9.30 Å². The first-order valence-electron chi connectivity index (χ1n) is 8.78. The summed E-state index contributed by atoms with van der Waals surface area (Å²) >= 11 is 11.9. The maximum atomic E-state index is 12.7. The summed E-state index contributed by atoms with van der Waals surface area (Å²) in [5.74, 6) is -0.965. The molecule has 9 heteroatoms. The van der Waals surface area contributed by atoms with E-state index < -0.39 is 17.4 Å². The summed E-state index contributed by atoms with van der Waals surface area (Å²) in [6.45, 7) is 0.199. The fraction of sp³-hybridized carbons (Fsp3) is 0.0952. The normalized spacial score (nSPS) is 10.4. The zero-order chi connectivity index (χ0) is 21.7. The molecular formula is C21H17Cl2N3O4. The second kappa shape index (κ2) is 9.47. The van der Waals surface area contributed by atoms with Crippen molar-refractivity contribution in [1.82, 2.24) is 15.4 Å². The third-order valence-electron chi connectivity index (χ3n) is 4.24. The van der Waals surface area contributed by atoms with Crippen molar-refractivity contribution in [3.63, 3.8) is 0 Å². The van der Waals surface area contributed by atoms with Gasteiger partial charge in [0.2, 0.25) is 0 Å². The number of pyridine rings is 1. The van der Waals surface area contributed by atoms with Gasteiger partial charge >= 0.3 is 0 Å². The third kappa shape index (κ3) is 4.82. The average molecular weight is 446 g/mol. The average Bonchev–Trinajstić information content (AvgIpc) is 2.75. The van der Waals surface area contributed by atoms with E-state index in [0.717, 1.165) is 5.56 Å². The van der Waals surface area contributed by atoms with Crippen LogP contribution in [0.5, 0.6) is 5.75 Å². The van der Waals surface area contributed by atoms with Gasteiger partial charge in [-0.25, -0.2) is 0 Å². The van der Waals surface area contributed by atoms with E-state index in [2.05, 4.69) is 10.9 Å². The van der Waals surface area contributed by atoms with Gasteiger partial charge in [0.1, 0.15) is 11.3 Å². The van der Waals surface area contributed by atoms with E-state index in [1.165, 1.54) is 17.7 Å². The van der Waals surface area contributed by atoms with Gasteiger partial charge in [0.15, 0.2) is 0 Å². The molecule has 0 saturated heterocycles. The Bertz CT molecular complexity index is 1160.